The van der Waals surface area contributed by atoms with Crippen LogP contribution in [-0.4, -0.2) is 0 Å². The Balaban J connectivity index is 1.54. The zero-order chi connectivity index (χ0) is 21.8. The third kappa shape index (κ3) is 3.07. The number of hydrogen-bond donors (Lipinski definition) is 0. The number of benzene rings is 4. The summed E-state index contributed by atoms with van der Waals surface area (Å²) in [5, 5.41) is 0. The highest BCUT2D eigenvalue weighted by molar-refractivity contribution is 6.11. The molecule has 0 spiro atoms. The Morgan fingerprint density at radius 3 is 1.33 bits per heavy atom. The van der Waals surface area contributed by atoms with Crippen LogP contribution in [0.5, 0.6) is 0 Å². The lowest BCUT2D eigenvalue weighted by molar-refractivity contribution is 1.14. The third-order valence-electron chi connectivity index (χ3n) is 7.08. The van der Waals surface area contributed by atoms with Gasteiger partial charge in [-0.05, 0) is 67.3 Å². The number of allylic oxidation sites excluding steroid dienone is 4. The lowest BCUT2D eigenvalue weighted by atomic mass is 9.80. The molecule has 0 fully saturated rings. The molecule has 1 unspecified atom stereocenters. The largest absolute Gasteiger partial charge is 0.0575 e. The van der Waals surface area contributed by atoms with E-state index in [1.54, 1.807) is 0 Å². The maximum absolute atomic E-state index is 2.43. The SMILES string of the molecule is C1=C2c3ccc(cc3)/C=C/c3ccc(cc3)C2C2=C1c1ccc(cc1)/C=C/c1ccc2cc1. The van der Waals surface area contributed by atoms with Crippen LogP contribution in [0.2, 0.25) is 0 Å². The maximum Gasteiger partial charge on any atom is 0.0358 e. The molecule has 154 valence electrons. The molecule has 0 radical (unpaired) electrons. The van der Waals surface area contributed by atoms with Gasteiger partial charge in [-0.3, -0.25) is 0 Å². The average molecular weight is 419 g/mol. The predicted molar refractivity (Wildman–Crippen MR) is 141 cm³/mol. The van der Waals surface area contributed by atoms with Gasteiger partial charge in [-0.15, -0.1) is 0 Å². The van der Waals surface area contributed by atoms with Crippen molar-refractivity contribution in [2.75, 3.05) is 0 Å². The number of hydrogen-bond acceptors (Lipinski definition) is 0. The van der Waals surface area contributed by atoms with Gasteiger partial charge < -0.3 is 0 Å². The first kappa shape index (κ1) is 18.4. The van der Waals surface area contributed by atoms with Crippen LogP contribution in [0, 0.1) is 0 Å². The molecule has 0 heteroatoms. The summed E-state index contributed by atoms with van der Waals surface area (Å²) in [6, 6.07) is 36.1. The molecule has 0 saturated heterocycles. The van der Waals surface area contributed by atoms with E-state index in [0.717, 1.165) is 0 Å². The van der Waals surface area contributed by atoms with Gasteiger partial charge >= 0.3 is 0 Å². The highest BCUT2D eigenvalue weighted by atomic mass is 14.3. The highest BCUT2D eigenvalue weighted by Crippen LogP contribution is 2.52. The van der Waals surface area contributed by atoms with Gasteiger partial charge in [0.15, 0.2) is 0 Å². The van der Waals surface area contributed by atoms with Crippen LogP contribution in [0.3, 0.4) is 0 Å². The standard InChI is InChI=1S/C33H22/c1-3-24-9-17-28(18-10-24)32-30(26-13-5-22(1)6-14-26)21-31-27-15-7-23(8-16-27)2-4-25-11-19-29(20-12-25)33(31)32/h1-21,32H/b3-1+,4-2+,23-2?,25-4?,31-27?,33-29?. The second-order valence-corrected chi connectivity index (χ2v) is 9.06. The molecule has 9 aliphatic carbocycles. The van der Waals surface area contributed by atoms with Gasteiger partial charge in [-0.1, -0.05) is 121 Å². The maximum atomic E-state index is 2.43. The molecule has 0 aromatic heterocycles. The lowest BCUT2D eigenvalue weighted by Gasteiger charge is -2.23. The van der Waals surface area contributed by atoms with Crippen molar-refractivity contribution in [3.8, 4) is 0 Å². The summed E-state index contributed by atoms with van der Waals surface area (Å²) in [6.07, 6.45) is 11.2. The highest BCUT2D eigenvalue weighted by Gasteiger charge is 2.32. The van der Waals surface area contributed by atoms with Gasteiger partial charge in [-0.25, -0.2) is 0 Å². The number of rotatable bonds is 0. The zero-order valence-corrected chi connectivity index (χ0v) is 18.2. The molecule has 0 aliphatic heterocycles. The minimum atomic E-state index is 0.187. The molecule has 4 aromatic rings. The predicted octanol–water partition coefficient (Wildman–Crippen LogP) is 8.45. The van der Waals surface area contributed by atoms with Crippen LogP contribution >= 0.6 is 0 Å². The fourth-order valence-corrected chi connectivity index (χ4v) is 5.30. The van der Waals surface area contributed by atoms with E-state index < -0.39 is 0 Å². The van der Waals surface area contributed by atoms with E-state index in [1.165, 1.54) is 61.2 Å². The van der Waals surface area contributed by atoms with Crippen molar-refractivity contribution in [1.29, 1.82) is 0 Å². The normalized spacial score (nSPS) is 19.2. The van der Waals surface area contributed by atoms with Crippen LogP contribution in [0.1, 0.15) is 50.4 Å². The third-order valence-corrected chi connectivity index (χ3v) is 7.08. The van der Waals surface area contributed by atoms with E-state index in [1.807, 2.05) is 0 Å². The monoisotopic (exact) mass is 418 g/mol. The minimum absolute atomic E-state index is 0.187. The van der Waals surface area contributed by atoms with Crippen molar-refractivity contribution in [2.45, 2.75) is 5.92 Å². The Morgan fingerprint density at radius 1 is 0.394 bits per heavy atom. The molecule has 0 nitrogen and oxygen atoms in total. The molecule has 0 saturated carbocycles. The van der Waals surface area contributed by atoms with Crippen LogP contribution in [0.4, 0.5) is 0 Å². The summed E-state index contributed by atoms with van der Waals surface area (Å²) < 4.78 is 0. The van der Waals surface area contributed by atoms with E-state index in [0.29, 0.717) is 0 Å². The van der Waals surface area contributed by atoms with Gasteiger partial charge in [0.1, 0.15) is 0 Å². The molecule has 8 bridgehead atoms. The van der Waals surface area contributed by atoms with Crippen molar-refractivity contribution in [1.82, 2.24) is 0 Å². The summed E-state index contributed by atoms with van der Waals surface area (Å²) in [7, 11) is 0. The van der Waals surface area contributed by atoms with Gasteiger partial charge in [0.2, 0.25) is 0 Å². The molecule has 1 atom stereocenters. The van der Waals surface area contributed by atoms with Crippen molar-refractivity contribution in [2.24, 2.45) is 0 Å². The fourth-order valence-electron chi connectivity index (χ4n) is 5.30. The van der Waals surface area contributed by atoms with Crippen LogP contribution < -0.4 is 0 Å². The average Bonchev–Trinajstić information content (AvgIpc) is 3.26. The first-order valence-electron chi connectivity index (χ1n) is 11.6. The Morgan fingerprint density at radius 2 is 0.818 bits per heavy atom. The van der Waals surface area contributed by atoms with Gasteiger partial charge in [-0.2, -0.15) is 0 Å². The second-order valence-electron chi connectivity index (χ2n) is 9.06. The summed E-state index contributed by atoms with van der Waals surface area (Å²) >= 11 is 0. The molecular weight excluding hydrogens is 396 g/mol. The van der Waals surface area contributed by atoms with Crippen molar-refractivity contribution in [3.05, 3.63) is 148 Å². The molecule has 13 rings (SSSR count). The first-order valence-corrected chi connectivity index (χ1v) is 11.6. The van der Waals surface area contributed by atoms with Crippen LogP contribution in [0.15, 0.2) is 103 Å². The van der Waals surface area contributed by atoms with Gasteiger partial charge in [0.25, 0.3) is 0 Å². The molecule has 0 amide bonds. The van der Waals surface area contributed by atoms with E-state index in [9.17, 15) is 0 Å². The fraction of sp³-hybridized carbons (Fsp3) is 0.0303. The second kappa shape index (κ2) is 7.18. The Labute approximate surface area is 194 Å². The Bertz CT molecular complexity index is 1490. The summed E-state index contributed by atoms with van der Waals surface area (Å²) in [6.45, 7) is 0. The first-order chi connectivity index (χ1) is 16.3. The van der Waals surface area contributed by atoms with Crippen LogP contribution in [-0.2, 0) is 0 Å². The topological polar surface area (TPSA) is 0 Å². The lowest BCUT2D eigenvalue weighted by Crippen LogP contribution is -2.03. The van der Waals surface area contributed by atoms with E-state index in [4.69, 9.17) is 0 Å². The molecule has 33 heavy (non-hydrogen) atoms. The van der Waals surface area contributed by atoms with Gasteiger partial charge in [0.05, 0.1) is 0 Å². The van der Waals surface area contributed by atoms with Crippen LogP contribution in [0.25, 0.3) is 41.0 Å². The van der Waals surface area contributed by atoms with Crippen molar-refractivity contribution >= 4 is 41.0 Å². The molecule has 9 aliphatic rings. The Hall–Kier alpha value is -4.16. The molecule has 0 heterocycles. The van der Waals surface area contributed by atoms with Crippen molar-refractivity contribution in [3.63, 3.8) is 0 Å². The van der Waals surface area contributed by atoms with E-state index >= 15 is 0 Å². The minimum Gasteiger partial charge on any atom is -0.0575 e. The smallest absolute Gasteiger partial charge is 0.0358 e. The van der Waals surface area contributed by atoms with E-state index in [-0.39, 0.29) is 5.92 Å². The van der Waals surface area contributed by atoms with Crippen molar-refractivity contribution < 1.29 is 0 Å². The van der Waals surface area contributed by atoms with E-state index in [2.05, 4.69) is 127 Å². The Kier molecular flexibility index (Phi) is 4.01. The summed E-state index contributed by atoms with van der Waals surface area (Å²) in [5.41, 5.74) is 14.2. The molecular formula is C33H22. The summed E-state index contributed by atoms with van der Waals surface area (Å²) in [5.74, 6) is 0.187. The van der Waals surface area contributed by atoms with Gasteiger partial charge in [0, 0.05) is 5.92 Å². The molecule has 4 aromatic carbocycles. The quantitative estimate of drug-likeness (QED) is 0.269. The summed E-state index contributed by atoms with van der Waals surface area (Å²) in [4.78, 5) is 0. The zero-order valence-electron chi connectivity index (χ0n) is 18.2. The molecule has 0 N–H and O–H groups in total.